The van der Waals surface area contributed by atoms with E-state index in [0.29, 0.717) is 42.1 Å². The van der Waals surface area contributed by atoms with Crippen LogP contribution in [0.4, 0.5) is 43.4 Å². The Labute approximate surface area is 292 Å². The van der Waals surface area contributed by atoms with Crippen molar-refractivity contribution in [2.75, 3.05) is 23.0 Å². The summed E-state index contributed by atoms with van der Waals surface area (Å²) in [4.78, 5) is 25.7. The number of rotatable bonds is 9. The largest absolute Gasteiger partial charge is 0.506 e. The van der Waals surface area contributed by atoms with Crippen molar-refractivity contribution in [3.05, 3.63) is 131 Å². The molecule has 5 aromatic rings. The van der Waals surface area contributed by atoms with Gasteiger partial charge in [-0.25, -0.2) is 0 Å². The summed E-state index contributed by atoms with van der Waals surface area (Å²) >= 11 is 0. The van der Waals surface area contributed by atoms with Crippen molar-refractivity contribution in [2.24, 2.45) is 0 Å². The van der Waals surface area contributed by atoms with E-state index in [1.54, 1.807) is 19.1 Å². The molecular formula is C37H29F6N3O6. The van der Waals surface area contributed by atoms with Crippen LogP contribution in [0.3, 0.4) is 0 Å². The molecule has 0 bridgehead atoms. The van der Waals surface area contributed by atoms with Gasteiger partial charge in [-0.1, -0.05) is 18.2 Å². The van der Waals surface area contributed by atoms with Crippen molar-refractivity contribution < 1.29 is 56.0 Å². The molecule has 5 rings (SSSR count). The molecule has 0 saturated carbocycles. The average Bonchev–Trinajstić information content (AvgIpc) is 3.08. The molecule has 0 unspecified atom stereocenters. The molecular weight excluding hydrogens is 696 g/mol. The van der Waals surface area contributed by atoms with Crippen molar-refractivity contribution >= 4 is 28.9 Å². The molecule has 0 saturated heterocycles. The number of nitrogens with one attached hydrogen (secondary N) is 3. The third-order valence-corrected chi connectivity index (χ3v) is 8.10. The van der Waals surface area contributed by atoms with E-state index in [9.17, 15) is 51.3 Å². The molecule has 5 aromatic carbocycles. The fourth-order valence-corrected chi connectivity index (χ4v) is 5.44. The monoisotopic (exact) mass is 725 g/mol. The van der Waals surface area contributed by atoms with E-state index >= 15 is 0 Å². The van der Waals surface area contributed by atoms with Crippen molar-refractivity contribution in [3.8, 4) is 28.7 Å². The number of alkyl halides is 6. The van der Waals surface area contributed by atoms with Crippen LogP contribution in [0.2, 0.25) is 0 Å². The highest BCUT2D eigenvalue weighted by atomic mass is 19.4. The number of benzene rings is 5. The standard InChI is InChI=1S/C37H29F6N3O6/c1-20-3-14-31(48)28(17-20)45-33(50)21-4-10-25(11-5-21)52-26-12-6-22(7-13-26)34(51)46-29-19-24(9-16-32(29)49)35(36(38,39)40,37(41,42)43)23-8-15-30(47)27(18-23)44-2/h3-19,44,47-49H,1-2H3,(H,45,50)(H,46,51). The molecule has 0 aromatic heterocycles. The van der Waals surface area contributed by atoms with Crippen LogP contribution < -0.4 is 20.7 Å². The summed E-state index contributed by atoms with van der Waals surface area (Å²) < 4.78 is 94.0. The summed E-state index contributed by atoms with van der Waals surface area (Å²) in [6.45, 7) is 1.80. The maximum Gasteiger partial charge on any atom is 0.411 e. The van der Waals surface area contributed by atoms with Crippen molar-refractivity contribution in [1.82, 2.24) is 0 Å². The molecule has 2 amide bonds. The minimum atomic E-state index is -5.97. The maximum atomic E-state index is 14.7. The number of anilines is 3. The Morgan fingerprint density at radius 1 is 0.558 bits per heavy atom. The van der Waals surface area contributed by atoms with Crippen LogP contribution in [0.1, 0.15) is 37.4 Å². The third kappa shape index (κ3) is 7.24. The van der Waals surface area contributed by atoms with Gasteiger partial charge in [0.2, 0.25) is 5.41 Å². The Balaban J connectivity index is 1.34. The topological polar surface area (TPSA) is 140 Å². The van der Waals surface area contributed by atoms with E-state index < -0.39 is 63.6 Å². The van der Waals surface area contributed by atoms with Gasteiger partial charge in [0.15, 0.2) is 0 Å². The zero-order chi connectivity index (χ0) is 38.0. The summed E-state index contributed by atoms with van der Waals surface area (Å²) in [7, 11) is 1.20. The molecule has 15 heteroatoms. The first-order chi connectivity index (χ1) is 24.4. The Morgan fingerprint density at radius 3 is 1.37 bits per heavy atom. The summed E-state index contributed by atoms with van der Waals surface area (Å²) in [5, 5.41) is 37.4. The number of halogens is 6. The molecule has 270 valence electrons. The second-order valence-electron chi connectivity index (χ2n) is 11.5. The van der Waals surface area contributed by atoms with Gasteiger partial charge < -0.3 is 36.0 Å². The van der Waals surface area contributed by atoms with E-state index in [1.165, 1.54) is 61.6 Å². The highest BCUT2D eigenvalue weighted by Crippen LogP contribution is 2.57. The molecule has 6 N–H and O–H groups in total. The average molecular weight is 726 g/mol. The molecule has 0 atom stereocenters. The second-order valence-corrected chi connectivity index (χ2v) is 11.5. The summed E-state index contributed by atoms with van der Waals surface area (Å²) in [6, 6.07) is 19.2. The van der Waals surface area contributed by atoms with Gasteiger partial charge in [0, 0.05) is 18.2 Å². The molecule has 9 nitrogen and oxygen atoms in total. The highest BCUT2D eigenvalue weighted by molar-refractivity contribution is 6.05. The second kappa shape index (κ2) is 14.1. The van der Waals surface area contributed by atoms with Crippen LogP contribution in [0.25, 0.3) is 0 Å². The lowest BCUT2D eigenvalue weighted by atomic mass is 9.72. The Kier molecular flexibility index (Phi) is 10.00. The predicted octanol–water partition coefficient (Wildman–Crippen LogP) is 8.86. The van der Waals surface area contributed by atoms with Gasteiger partial charge in [-0.15, -0.1) is 0 Å². The number of aryl methyl sites for hydroxylation is 1. The zero-order valence-corrected chi connectivity index (χ0v) is 27.1. The number of aromatic hydroxyl groups is 3. The third-order valence-electron chi connectivity index (χ3n) is 8.10. The van der Waals surface area contributed by atoms with Crippen LogP contribution in [0.5, 0.6) is 28.7 Å². The molecule has 0 aliphatic carbocycles. The maximum absolute atomic E-state index is 14.7. The summed E-state index contributed by atoms with van der Waals surface area (Å²) in [6.07, 6.45) is -11.9. The smallest absolute Gasteiger partial charge is 0.411 e. The van der Waals surface area contributed by atoms with Crippen LogP contribution in [0.15, 0.2) is 103 Å². The summed E-state index contributed by atoms with van der Waals surface area (Å²) in [5.41, 5.74) is -7.12. The van der Waals surface area contributed by atoms with Crippen LogP contribution >= 0.6 is 0 Å². The predicted molar refractivity (Wildman–Crippen MR) is 180 cm³/mol. The quantitative estimate of drug-likeness (QED) is 0.0659. The van der Waals surface area contributed by atoms with Gasteiger partial charge in [-0.2, -0.15) is 26.3 Å². The molecule has 52 heavy (non-hydrogen) atoms. The Hall–Kier alpha value is -6.38. The Morgan fingerprint density at radius 2 is 0.942 bits per heavy atom. The number of amides is 2. The van der Waals surface area contributed by atoms with Gasteiger partial charge >= 0.3 is 12.4 Å². The number of hydrogen-bond donors (Lipinski definition) is 6. The minimum absolute atomic E-state index is 0.0846. The molecule has 0 heterocycles. The number of phenols is 3. The lowest BCUT2D eigenvalue weighted by molar-refractivity contribution is -0.288. The van der Waals surface area contributed by atoms with E-state index in [4.69, 9.17) is 4.74 Å². The van der Waals surface area contributed by atoms with Gasteiger partial charge in [0.05, 0.1) is 17.1 Å². The number of carbonyl (C=O) groups is 2. The molecule has 0 aliphatic rings. The van der Waals surface area contributed by atoms with Crippen molar-refractivity contribution in [3.63, 3.8) is 0 Å². The van der Waals surface area contributed by atoms with Gasteiger partial charge in [0.25, 0.3) is 11.8 Å². The van der Waals surface area contributed by atoms with Crippen LogP contribution in [-0.2, 0) is 5.41 Å². The molecule has 0 fully saturated rings. The van der Waals surface area contributed by atoms with Gasteiger partial charge in [-0.3, -0.25) is 9.59 Å². The summed E-state index contributed by atoms with van der Waals surface area (Å²) in [5.74, 6) is -2.39. The number of hydrogen-bond acceptors (Lipinski definition) is 7. The number of carbonyl (C=O) groups excluding carboxylic acids is 2. The van der Waals surface area contributed by atoms with E-state index in [0.717, 1.165) is 5.56 Å². The first-order valence-electron chi connectivity index (χ1n) is 15.2. The molecule has 0 aliphatic heterocycles. The minimum Gasteiger partial charge on any atom is -0.506 e. The lowest BCUT2D eigenvalue weighted by Crippen LogP contribution is -2.54. The van der Waals surface area contributed by atoms with Gasteiger partial charge in [-0.05, 0) is 109 Å². The van der Waals surface area contributed by atoms with Crippen molar-refractivity contribution in [2.45, 2.75) is 24.7 Å². The highest BCUT2D eigenvalue weighted by Gasteiger charge is 2.72. The first kappa shape index (κ1) is 36.9. The van der Waals surface area contributed by atoms with E-state index in [-0.39, 0.29) is 28.3 Å². The molecule has 0 radical (unpaired) electrons. The normalized spacial score (nSPS) is 11.8. The Bertz CT molecular complexity index is 2100. The SMILES string of the molecule is CNc1cc(C(c2ccc(O)c(NC(=O)c3ccc(Oc4ccc(C(=O)Nc5cc(C)ccc5O)cc4)cc3)c2)(C(F)(F)F)C(F)(F)F)ccc1O. The van der Waals surface area contributed by atoms with Gasteiger partial charge in [0.1, 0.15) is 28.7 Å². The van der Waals surface area contributed by atoms with E-state index in [2.05, 4.69) is 16.0 Å². The lowest BCUT2D eigenvalue weighted by Gasteiger charge is -2.38. The van der Waals surface area contributed by atoms with E-state index in [1.807, 2.05) is 0 Å². The molecule has 0 spiro atoms. The number of ether oxygens (including phenoxy) is 1. The number of phenolic OH excluding ortho intramolecular Hbond substituents is 3. The van der Waals surface area contributed by atoms with Crippen molar-refractivity contribution in [1.29, 1.82) is 0 Å². The van der Waals surface area contributed by atoms with Crippen LogP contribution in [0, 0.1) is 6.92 Å². The first-order valence-corrected chi connectivity index (χ1v) is 15.2. The van der Waals surface area contributed by atoms with Crippen LogP contribution in [-0.4, -0.2) is 46.5 Å². The zero-order valence-electron chi connectivity index (χ0n) is 27.1. The fraction of sp³-hybridized carbons (Fsp3) is 0.135. The fourth-order valence-electron chi connectivity index (χ4n) is 5.44.